The van der Waals surface area contributed by atoms with Gasteiger partial charge in [0.05, 0.1) is 20.1 Å². The summed E-state index contributed by atoms with van der Waals surface area (Å²) in [7, 11) is 1.60. The van der Waals surface area contributed by atoms with Crippen molar-refractivity contribution in [3.8, 4) is 11.5 Å². The molecule has 2 N–H and O–H groups in total. The third kappa shape index (κ3) is 3.87. The van der Waals surface area contributed by atoms with Crippen molar-refractivity contribution in [3.05, 3.63) is 24.3 Å². The first kappa shape index (κ1) is 14.7. The summed E-state index contributed by atoms with van der Waals surface area (Å²) in [6.07, 6.45) is 2.35. The number of methoxy groups -OCH3 is 1. The Balaban J connectivity index is 1.79. The lowest BCUT2D eigenvalue weighted by atomic mass is 10.1. The van der Waals surface area contributed by atoms with Gasteiger partial charge in [0.15, 0.2) is 11.5 Å². The number of carbonyl (C=O) groups excluding carboxylic acids is 1. The lowest BCUT2D eigenvalue weighted by Gasteiger charge is -2.30. The molecule has 0 unspecified atom stereocenters. The number of likely N-dealkylation sites (tertiary alicyclic amines) is 1. The van der Waals surface area contributed by atoms with Crippen molar-refractivity contribution >= 4 is 5.91 Å². The smallest absolute Gasteiger partial charge is 0.226 e. The summed E-state index contributed by atoms with van der Waals surface area (Å²) in [5, 5.41) is 0. The van der Waals surface area contributed by atoms with E-state index in [0.29, 0.717) is 31.1 Å². The summed E-state index contributed by atoms with van der Waals surface area (Å²) < 4.78 is 10.8. The highest BCUT2D eigenvalue weighted by molar-refractivity contribution is 5.76. The molecular formula is C15H22N2O3. The van der Waals surface area contributed by atoms with E-state index >= 15 is 0 Å². The minimum Gasteiger partial charge on any atom is -0.493 e. The second-order valence-electron chi connectivity index (χ2n) is 4.99. The van der Waals surface area contributed by atoms with Crippen LogP contribution >= 0.6 is 0 Å². The number of hydrogen-bond acceptors (Lipinski definition) is 4. The maximum absolute atomic E-state index is 12.0. The molecule has 1 aliphatic rings. The molecule has 0 aromatic heterocycles. The predicted octanol–water partition coefficient (Wildman–Crippen LogP) is 1.41. The van der Waals surface area contributed by atoms with Crippen molar-refractivity contribution in [2.24, 2.45) is 5.73 Å². The fourth-order valence-electron chi connectivity index (χ4n) is 2.38. The molecule has 1 aromatic rings. The molecule has 0 radical (unpaired) electrons. The zero-order chi connectivity index (χ0) is 14.4. The summed E-state index contributed by atoms with van der Waals surface area (Å²) in [6, 6.07) is 7.54. The third-order valence-corrected chi connectivity index (χ3v) is 3.45. The molecule has 110 valence electrons. The number of carbonyl (C=O) groups is 1. The Hall–Kier alpha value is -1.75. The zero-order valence-electron chi connectivity index (χ0n) is 11.9. The van der Waals surface area contributed by atoms with Crippen LogP contribution in [0.15, 0.2) is 24.3 Å². The van der Waals surface area contributed by atoms with E-state index in [1.165, 1.54) is 0 Å². The van der Waals surface area contributed by atoms with Gasteiger partial charge in [0.2, 0.25) is 5.91 Å². The number of ether oxygens (including phenoxy) is 2. The molecule has 1 amide bonds. The van der Waals surface area contributed by atoms with E-state index in [9.17, 15) is 4.79 Å². The number of rotatable bonds is 5. The van der Waals surface area contributed by atoms with Crippen LogP contribution in [0.5, 0.6) is 11.5 Å². The Bertz CT molecular complexity index is 450. The Morgan fingerprint density at radius 1 is 1.40 bits per heavy atom. The van der Waals surface area contributed by atoms with Crippen LogP contribution in [0.4, 0.5) is 0 Å². The van der Waals surface area contributed by atoms with Crippen LogP contribution in [0.3, 0.4) is 0 Å². The SMILES string of the molecule is COc1ccccc1OCCC(=O)N1CCC[C@H](N)C1. The summed E-state index contributed by atoms with van der Waals surface area (Å²) in [4.78, 5) is 13.9. The van der Waals surface area contributed by atoms with E-state index in [1.807, 2.05) is 29.2 Å². The van der Waals surface area contributed by atoms with Gasteiger partial charge in [0.25, 0.3) is 0 Å². The molecule has 5 nitrogen and oxygen atoms in total. The number of para-hydroxylation sites is 2. The minimum absolute atomic E-state index is 0.107. The molecule has 1 saturated heterocycles. The monoisotopic (exact) mass is 278 g/mol. The molecule has 1 atom stereocenters. The van der Waals surface area contributed by atoms with E-state index in [-0.39, 0.29) is 11.9 Å². The highest BCUT2D eigenvalue weighted by Gasteiger charge is 2.20. The lowest BCUT2D eigenvalue weighted by Crippen LogP contribution is -2.46. The minimum atomic E-state index is 0.107. The van der Waals surface area contributed by atoms with E-state index in [0.717, 1.165) is 19.4 Å². The first-order valence-electron chi connectivity index (χ1n) is 7.00. The maximum Gasteiger partial charge on any atom is 0.226 e. The normalized spacial score (nSPS) is 18.7. The van der Waals surface area contributed by atoms with Crippen LogP contribution in [0, 0.1) is 0 Å². The van der Waals surface area contributed by atoms with E-state index in [2.05, 4.69) is 0 Å². The highest BCUT2D eigenvalue weighted by atomic mass is 16.5. The number of hydrogen-bond donors (Lipinski definition) is 1. The summed E-state index contributed by atoms with van der Waals surface area (Å²) >= 11 is 0. The Kier molecular flexibility index (Phi) is 5.24. The first-order chi connectivity index (χ1) is 9.70. The van der Waals surface area contributed by atoms with Gasteiger partial charge in [-0.3, -0.25) is 4.79 Å². The number of nitrogens with two attached hydrogens (primary N) is 1. The standard InChI is InChI=1S/C15H22N2O3/c1-19-13-6-2-3-7-14(13)20-10-8-15(18)17-9-4-5-12(16)11-17/h2-3,6-7,12H,4-5,8-11,16H2,1H3/t12-/m0/s1. The second kappa shape index (κ2) is 7.14. The average Bonchev–Trinajstić information content (AvgIpc) is 2.47. The second-order valence-corrected chi connectivity index (χ2v) is 4.99. The Morgan fingerprint density at radius 2 is 2.15 bits per heavy atom. The number of amides is 1. The average molecular weight is 278 g/mol. The lowest BCUT2D eigenvalue weighted by molar-refractivity contribution is -0.132. The van der Waals surface area contributed by atoms with Crippen molar-refractivity contribution in [2.75, 3.05) is 26.8 Å². The van der Waals surface area contributed by atoms with Crippen molar-refractivity contribution < 1.29 is 14.3 Å². The fraction of sp³-hybridized carbons (Fsp3) is 0.533. The van der Waals surface area contributed by atoms with Crippen LogP contribution in [-0.2, 0) is 4.79 Å². The summed E-state index contributed by atoms with van der Waals surface area (Å²) in [5.74, 6) is 1.45. The molecule has 1 aliphatic heterocycles. The molecule has 1 fully saturated rings. The fourth-order valence-corrected chi connectivity index (χ4v) is 2.38. The molecule has 5 heteroatoms. The van der Waals surface area contributed by atoms with Gasteiger partial charge < -0.3 is 20.1 Å². The maximum atomic E-state index is 12.0. The van der Waals surface area contributed by atoms with Crippen molar-refractivity contribution in [1.82, 2.24) is 4.90 Å². The van der Waals surface area contributed by atoms with Crippen molar-refractivity contribution in [2.45, 2.75) is 25.3 Å². The first-order valence-corrected chi connectivity index (χ1v) is 7.00. The number of benzene rings is 1. The quantitative estimate of drug-likeness (QED) is 0.884. The highest BCUT2D eigenvalue weighted by Crippen LogP contribution is 2.25. The number of nitrogens with zero attached hydrogens (tertiary/aromatic N) is 1. The Labute approximate surface area is 119 Å². The molecule has 20 heavy (non-hydrogen) atoms. The molecule has 1 aromatic carbocycles. The van der Waals surface area contributed by atoms with Gasteiger partial charge in [0.1, 0.15) is 0 Å². The molecule has 0 spiro atoms. The molecule has 0 bridgehead atoms. The van der Waals surface area contributed by atoms with Gasteiger partial charge >= 0.3 is 0 Å². The van der Waals surface area contributed by atoms with Crippen LogP contribution in [0.1, 0.15) is 19.3 Å². The molecule has 0 aliphatic carbocycles. The van der Waals surface area contributed by atoms with Gasteiger partial charge in [-0.1, -0.05) is 12.1 Å². The number of piperidine rings is 1. The zero-order valence-corrected chi connectivity index (χ0v) is 11.9. The molecule has 0 saturated carbocycles. The van der Waals surface area contributed by atoms with Crippen LogP contribution in [0.25, 0.3) is 0 Å². The summed E-state index contributed by atoms with van der Waals surface area (Å²) in [6.45, 7) is 1.82. The topological polar surface area (TPSA) is 64.8 Å². The van der Waals surface area contributed by atoms with Gasteiger partial charge in [-0.25, -0.2) is 0 Å². The van der Waals surface area contributed by atoms with Crippen molar-refractivity contribution in [1.29, 1.82) is 0 Å². The Morgan fingerprint density at radius 3 is 2.85 bits per heavy atom. The summed E-state index contributed by atoms with van der Waals surface area (Å²) in [5.41, 5.74) is 5.88. The largest absolute Gasteiger partial charge is 0.493 e. The van der Waals surface area contributed by atoms with Crippen LogP contribution in [-0.4, -0.2) is 43.7 Å². The predicted molar refractivity (Wildman–Crippen MR) is 76.9 cm³/mol. The van der Waals surface area contributed by atoms with Gasteiger partial charge in [-0.15, -0.1) is 0 Å². The molecular weight excluding hydrogens is 256 g/mol. The van der Waals surface area contributed by atoms with Gasteiger partial charge in [-0.2, -0.15) is 0 Å². The molecule has 2 rings (SSSR count). The van der Waals surface area contributed by atoms with Crippen molar-refractivity contribution in [3.63, 3.8) is 0 Å². The van der Waals surface area contributed by atoms with Gasteiger partial charge in [0, 0.05) is 19.1 Å². The van der Waals surface area contributed by atoms with E-state index < -0.39 is 0 Å². The van der Waals surface area contributed by atoms with Crippen LogP contribution < -0.4 is 15.2 Å². The van der Waals surface area contributed by atoms with E-state index in [1.54, 1.807) is 7.11 Å². The molecule has 1 heterocycles. The van der Waals surface area contributed by atoms with Gasteiger partial charge in [-0.05, 0) is 25.0 Å². The van der Waals surface area contributed by atoms with Crippen LogP contribution in [0.2, 0.25) is 0 Å². The third-order valence-electron chi connectivity index (χ3n) is 3.45. The van der Waals surface area contributed by atoms with E-state index in [4.69, 9.17) is 15.2 Å².